The van der Waals surface area contributed by atoms with E-state index in [2.05, 4.69) is 18.7 Å². The molecule has 0 radical (unpaired) electrons. The van der Waals surface area contributed by atoms with Gasteiger partial charge in [-0.25, -0.2) is 0 Å². The Hall–Kier alpha value is -1.23. The van der Waals surface area contributed by atoms with E-state index in [1.165, 1.54) is 11.3 Å². The molecule has 3 rings (SSSR count). The van der Waals surface area contributed by atoms with Gasteiger partial charge in [0.2, 0.25) is 0 Å². The third-order valence-corrected chi connectivity index (χ3v) is 5.49. The third kappa shape index (κ3) is 2.28. The first kappa shape index (κ1) is 13.7. The number of rotatable bonds is 4. The molecule has 1 aromatic rings. The molecule has 5 heteroatoms. The zero-order chi connectivity index (χ0) is 14.5. The molecule has 2 aliphatic rings. The van der Waals surface area contributed by atoms with Crippen LogP contribution in [0.25, 0.3) is 0 Å². The number of nitrogens with zero attached hydrogens (tertiary/aromatic N) is 1. The van der Waals surface area contributed by atoms with E-state index in [9.17, 15) is 4.79 Å². The summed E-state index contributed by atoms with van der Waals surface area (Å²) in [7, 11) is 1.63. The number of Topliss-reactive ketones (excluding diaryl/α,β-unsaturated/α-hetero) is 1. The molecule has 2 heterocycles. The lowest BCUT2D eigenvalue weighted by Gasteiger charge is -2.20. The molecule has 0 spiro atoms. The number of methoxy groups -OCH3 is 1. The van der Waals surface area contributed by atoms with E-state index in [-0.39, 0.29) is 11.7 Å². The van der Waals surface area contributed by atoms with E-state index in [0.717, 1.165) is 37.4 Å². The highest BCUT2D eigenvalue weighted by atomic mass is 32.1. The van der Waals surface area contributed by atoms with Gasteiger partial charge in [0.15, 0.2) is 11.5 Å². The first-order valence-electron chi connectivity index (χ1n) is 7.18. The van der Waals surface area contributed by atoms with Crippen molar-refractivity contribution in [3.63, 3.8) is 0 Å². The second-order valence-electron chi connectivity index (χ2n) is 6.66. The molecule has 0 unspecified atom stereocenters. The maximum absolute atomic E-state index is 12.3. The van der Waals surface area contributed by atoms with Gasteiger partial charge in [-0.1, -0.05) is 13.8 Å². The molecule has 2 N–H and O–H groups in total. The largest absolute Gasteiger partial charge is 0.492 e. The van der Waals surface area contributed by atoms with Gasteiger partial charge in [0, 0.05) is 19.0 Å². The number of hydrogen-bond donors (Lipinski definition) is 1. The molecule has 0 amide bonds. The van der Waals surface area contributed by atoms with Crippen molar-refractivity contribution in [2.75, 3.05) is 30.8 Å². The first-order chi connectivity index (χ1) is 9.43. The lowest BCUT2D eigenvalue weighted by Crippen LogP contribution is -2.22. The van der Waals surface area contributed by atoms with Gasteiger partial charge in [0.05, 0.1) is 17.7 Å². The van der Waals surface area contributed by atoms with Crippen molar-refractivity contribution < 1.29 is 9.53 Å². The molecule has 1 saturated carbocycles. The van der Waals surface area contributed by atoms with Gasteiger partial charge in [-0.15, -0.1) is 11.3 Å². The predicted octanol–water partition coefficient (Wildman–Crippen LogP) is 3.17. The summed E-state index contributed by atoms with van der Waals surface area (Å²) in [5.74, 6) is 1.09. The van der Waals surface area contributed by atoms with Crippen molar-refractivity contribution in [3.05, 3.63) is 4.88 Å². The van der Waals surface area contributed by atoms with Gasteiger partial charge >= 0.3 is 0 Å². The molecule has 20 heavy (non-hydrogen) atoms. The Labute approximate surface area is 123 Å². The molecule has 110 valence electrons. The van der Waals surface area contributed by atoms with E-state index in [1.54, 1.807) is 7.11 Å². The molecule has 0 bridgehead atoms. The van der Waals surface area contributed by atoms with Crippen LogP contribution in [0.5, 0.6) is 5.75 Å². The van der Waals surface area contributed by atoms with Crippen LogP contribution in [0.4, 0.5) is 10.7 Å². The number of thiophene rings is 1. The Balaban J connectivity index is 1.94. The molecule has 1 saturated heterocycles. The lowest BCUT2D eigenvalue weighted by molar-refractivity contribution is 0.0972. The monoisotopic (exact) mass is 294 g/mol. The number of ketones is 1. The van der Waals surface area contributed by atoms with Crippen molar-refractivity contribution in [1.82, 2.24) is 0 Å². The second-order valence-corrected chi connectivity index (χ2v) is 7.66. The Morgan fingerprint density at radius 3 is 2.65 bits per heavy atom. The van der Waals surface area contributed by atoms with Crippen LogP contribution in [-0.2, 0) is 0 Å². The van der Waals surface area contributed by atoms with Gasteiger partial charge in [0.25, 0.3) is 0 Å². The molecule has 2 fully saturated rings. The number of hydrogen-bond acceptors (Lipinski definition) is 5. The molecule has 1 aliphatic heterocycles. The van der Waals surface area contributed by atoms with Crippen LogP contribution in [0.3, 0.4) is 0 Å². The summed E-state index contributed by atoms with van der Waals surface area (Å²) in [6, 6.07) is 0. The zero-order valence-corrected chi connectivity index (χ0v) is 13.2. The summed E-state index contributed by atoms with van der Waals surface area (Å²) in [6.45, 7) is 6.53. The fourth-order valence-corrected chi connectivity index (χ4v) is 4.06. The van der Waals surface area contributed by atoms with Gasteiger partial charge in [0.1, 0.15) is 5.00 Å². The van der Waals surface area contributed by atoms with Crippen LogP contribution >= 0.6 is 11.3 Å². The Morgan fingerprint density at radius 2 is 2.15 bits per heavy atom. The van der Waals surface area contributed by atoms with Crippen molar-refractivity contribution in [2.24, 2.45) is 11.3 Å². The Kier molecular flexibility index (Phi) is 3.20. The maximum atomic E-state index is 12.3. The molecule has 0 atom stereocenters. The number of nitrogens with two attached hydrogens (primary N) is 1. The fourth-order valence-electron chi connectivity index (χ4n) is 2.82. The van der Waals surface area contributed by atoms with E-state index < -0.39 is 0 Å². The van der Waals surface area contributed by atoms with Crippen LogP contribution in [0.1, 0.15) is 42.8 Å². The summed E-state index contributed by atoms with van der Waals surface area (Å²) in [5, 5.41) is 1.03. The number of carbonyl (C=O) groups is 1. The number of anilines is 2. The van der Waals surface area contributed by atoms with Crippen molar-refractivity contribution in [1.29, 1.82) is 0 Å². The molecule has 1 aromatic heterocycles. The summed E-state index contributed by atoms with van der Waals surface area (Å²) in [5.41, 5.74) is 7.00. The highest BCUT2D eigenvalue weighted by molar-refractivity contribution is 7.19. The fraction of sp³-hybridized carbons (Fsp3) is 0.667. The van der Waals surface area contributed by atoms with Gasteiger partial charge in [-0.05, 0) is 24.7 Å². The van der Waals surface area contributed by atoms with Crippen LogP contribution in [0.2, 0.25) is 0 Å². The van der Waals surface area contributed by atoms with Crippen molar-refractivity contribution in [3.8, 4) is 5.75 Å². The predicted molar refractivity (Wildman–Crippen MR) is 82.9 cm³/mol. The van der Waals surface area contributed by atoms with E-state index in [4.69, 9.17) is 10.5 Å². The molecule has 0 aromatic carbocycles. The lowest BCUT2D eigenvalue weighted by atomic mass is 9.93. The highest BCUT2D eigenvalue weighted by Crippen LogP contribution is 2.49. The van der Waals surface area contributed by atoms with Crippen LogP contribution in [-0.4, -0.2) is 26.0 Å². The minimum atomic E-state index is 0.198. The third-order valence-electron chi connectivity index (χ3n) is 4.22. The van der Waals surface area contributed by atoms with E-state index in [0.29, 0.717) is 21.7 Å². The van der Waals surface area contributed by atoms with Crippen LogP contribution in [0, 0.1) is 11.3 Å². The zero-order valence-electron chi connectivity index (χ0n) is 12.4. The van der Waals surface area contributed by atoms with E-state index >= 15 is 0 Å². The highest BCUT2D eigenvalue weighted by Gasteiger charge is 2.37. The maximum Gasteiger partial charge on any atom is 0.178 e. The number of nitrogen functional groups attached to an aromatic ring is 1. The van der Waals surface area contributed by atoms with Crippen molar-refractivity contribution >= 4 is 27.8 Å². The van der Waals surface area contributed by atoms with Crippen LogP contribution in [0.15, 0.2) is 0 Å². The number of ether oxygens (including phenoxy) is 1. The van der Waals surface area contributed by atoms with Crippen LogP contribution < -0.4 is 15.4 Å². The Bertz CT molecular complexity index is 546. The SMILES string of the molecule is COc1c(N2CCC(C)(C)C2)sc(C(=O)C2CC2)c1N. The normalized spacial score (nSPS) is 21.2. The summed E-state index contributed by atoms with van der Waals surface area (Å²) in [6.07, 6.45) is 3.16. The van der Waals surface area contributed by atoms with Gasteiger partial charge in [-0.2, -0.15) is 0 Å². The molecule has 4 nitrogen and oxygen atoms in total. The second kappa shape index (κ2) is 4.65. The van der Waals surface area contributed by atoms with Gasteiger partial charge < -0.3 is 15.4 Å². The summed E-state index contributed by atoms with van der Waals surface area (Å²) in [4.78, 5) is 15.3. The average molecular weight is 294 g/mol. The minimum Gasteiger partial charge on any atom is -0.492 e. The molecular weight excluding hydrogens is 272 g/mol. The molecular formula is C15H22N2O2S. The Morgan fingerprint density at radius 1 is 1.45 bits per heavy atom. The minimum absolute atomic E-state index is 0.198. The average Bonchev–Trinajstić information content (AvgIpc) is 3.10. The first-order valence-corrected chi connectivity index (χ1v) is 8.00. The summed E-state index contributed by atoms with van der Waals surface area (Å²) >= 11 is 1.51. The van der Waals surface area contributed by atoms with E-state index in [1.807, 2.05) is 0 Å². The van der Waals surface area contributed by atoms with Gasteiger partial charge in [-0.3, -0.25) is 4.79 Å². The quantitative estimate of drug-likeness (QED) is 0.867. The van der Waals surface area contributed by atoms with Crippen molar-refractivity contribution in [2.45, 2.75) is 33.1 Å². The topological polar surface area (TPSA) is 55.6 Å². The standard InChI is InChI=1S/C15H22N2O2S/c1-15(2)6-7-17(8-15)14-12(19-3)10(16)13(20-14)11(18)9-4-5-9/h9H,4-8,16H2,1-3H3. The number of carbonyl (C=O) groups excluding carboxylic acids is 1. The summed E-state index contributed by atoms with van der Waals surface area (Å²) < 4.78 is 5.48. The molecule has 1 aliphatic carbocycles. The smallest absolute Gasteiger partial charge is 0.178 e.